The third-order valence-electron chi connectivity index (χ3n) is 13.0. The molecule has 3 aliphatic heterocycles. The molecule has 0 aliphatic carbocycles. The number of carbonyl (C=O) groups excluding carboxylic acids is 4. The van der Waals surface area contributed by atoms with Gasteiger partial charge in [-0.05, 0) is 72.7 Å². The number of nitrogens with one attached hydrogen (secondary N) is 1. The third kappa shape index (κ3) is 8.29. The highest BCUT2D eigenvalue weighted by molar-refractivity contribution is 6.35. The zero-order valence-corrected chi connectivity index (χ0v) is 36.9. The van der Waals surface area contributed by atoms with E-state index in [-0.39, 0.29) is 61.8 Å². The van der Waals surface area contributed by atoms with E-state index in [1.54, 1.807) is 64.5 Å². The Morgan fingerprint density at radius 2 is 1.72 bits per heavy atom. The first-order chi connectivity index (χ1) is 32.5. The first-order valence-corrected chi connectivity index (χ1v) is 22.5. The second kappa shape index (κ2) is 18.1. The number of hydrogen-bond donors (Lipinski definition) is 2. The van der Waals surface area contributed by atoms with E-state index in [0.717, 1.165) is 16.2 Å². The topological polar surface area (TPSA) is 181 Å². The van der Waals surface area contributed by atoms with E-state index in [2.05, 4.69) is 20.3 Å². The Bertz CT molecular complexity index is 3140. The molecule has 6 heterocycles. The van der Waals surface area contributed by atoms with E-state index >= 15 is 0 Å². The molecule has 0 radical (unpaired) electrons. The summed E-state index contributed by atoms with van der Waals surface area (Å²) in [7, 11) is 0. The maximum absolute atomic E-state index is 13.9. The molecule has 0 spiro atoms. The zero-order valence-electron chi connectivity index (χ0n) is 36.1. The van der Waals surface area contributed by atoms with E-state index in [1.165, 1.54) is 17.0 Å². The first kappa shape index (κ1) is 43.5. The number of aromatic nitrogens is 4. The summed E-state index contributed by atoms with van der Waals surface area (Å²) < 4.78 is 29.7. The Labute approximate surface area is 387 Å². The molecule has 4 amide bonds. The van der Waals surface area contributed by atoms with Crippen LogP contribution in [0.15, 0.2) is 91.5 Å². The Hall–Kier alpha value is -7.37. The van der Waals surface area contributed by atoms with Gasteiger partial charge in [-0.1, -0.05) is 35.9 Å². The van der Waals surface area contributed by atoms with Crippen LogP contribution in [0.25, 0.3) is 38.3 Å². The lowest BCUT2D eigenvalue weighted by atomic mass is 10.0. The molecule has 16 nitrogen and oxygen atoms in total. The fourth-order valence-electron chi connectivity index (χ4n) is 9.66. The number of aromatic carboxylic acids is 1. The van der Waals surface area contributed by atoms with Crippen LogP contribution in [-0.2, 0) is 33.9 Å². The number of aryl methyl sites for hydroxylation is 1. The van der Waals surface area contributed by atoms with Gasteiger partial charge in [0.2, 0.25) is 11.8 Å². The number of amides is 4. The molecule has 342 valence electrons. The van der Waals surface area contributed by atoms with Gasteiger partial charge in [0.1, 0.15) is 29.1 Å². The molecule has 67 heavy (non-hydrogen) atoms. The fourth-order valence-corrected chi connectivity index (χ4v) is 9.92. The van der Waals surface area contributed by atoms with Gasteiger partial charge in [-0.3, -0.25) is 34.4 Å². The number of benzene rings is 4. The van der Waals surface area contributed by atoms with Crippen molar-refractivity contribution in [1.82, 2.24) is 39.2 Å². The lowest BCUT2D eigenvalue weighted by Crippen LogP contribution is -2.52. The number of carbonyl (C=O) groups is 5. The number of nitrogens with zero attached hydrogens (tertiary/aromatic N) is 7. The number of hydrogen-bond acceptors (Lipinski definition) is 10. The van der Waals surface area contributed by atoms with Crippen molar-refractivity contribution in [3.63, 3.8) is 0 Å². The zero-order chi connectivity index (χ0) is 46.3. The second-order valence-electron chi connectivity index (χ2n) is 16.8. The Morgan fingerprint density at radius 3 is 2.54 bits per heavy atom. The van der Waals surface area contributed by atoms with Gasteiger partial charge in [0.25, 0.3) is 11.8 Å². The maximum atomic E-state index is 13.9. The second-order valence-corrected chi connectivity index (χ2v) is 17.2. The highest BCUT2D eigenvalue weighted by Gasteiger charge is 2.40. The molecule has 10 rings (SSSR count). The summed E-state index contributed by atoms with van der Waals surface area (Å²) in [6.07, 6.45) is 8.01. The highest BCUT2D eigenvalue weighted by Crippen LogP contribution is 2.41. The van der Waals surface area contributed by atoms with Crippen molar-refractivity contribution >= 4 is 68.4 Å². The molecule has 18 heteroatoms. The van der Waals surface area contributed by atoms with Gasteiger partial charge in [-0.25, -0.2) is 13.7 Å². The average molecular weight is 927 g/mol. The van der Waals surface area contributed by atoms with E-state index < -0.39 is 17.9 Å². The van der Waals surface area contributed by atoms with Crippen LogP contribution in [0.3, 0.4) is 0 Å². The minimum Gasteiger partial charge on any atom is -0.493 e. The predicted molar refractivity (Wildman–Crippen MR) is 245 cm³/mol. The van der Waals surface area contributed by atoms with Crippen molar-refractivity contribution in [2.45, 2.75) is 44.8 Å². The minimum absolute atomic E-state index is 0.125. The summed E-state index contributed by atoms with van der Waals surface area (Å²) in [6, 6.07) is 17.9. The maximum Gasteiger partial charge on any atom is 0.352 e. The van der Waals surface area contributed by atoms with Crippen molar-refractivity contribution in [2.24, 2.45) is 0 Å². The number of piperidine rings is 1. The number of halogens is 2. The molecule has 1 unspecified atom stereocenters. The Morgan fingerprint density at radius 1 is 0.910 bits per heavy atom. The van der Waals surface area contributed by atoms with Crippen LogP contribution in [0.1, 0.15) is 51.2 Å². The van der Waals surface area contributed by atoms with Gasteiger partial charge >= 0.3 is 5.97 Å². The number of rotatable bonds is 14. The predicted octanol–water partition coefficient (Wildman–Crippen LogP) is 5.99. The first-order valence-electron chi connectivity index (χ1n) is 22.1. The lowest BCUT2D eigenvalue weighted by Gasteiger charge is -2.35. The van der Waals surface area contributed by atoms with Crippen LogP contribution < -0.4 is 14.8 Å². The van der Waals surface area contributed by atoms with Crippen molar-refractivity contribution < 1.29 is 42.9 Å². The number of carboxylic acid groups (broad SMARTS) is 1. The van der Waals surface area contributed by atoms with E-state index in [1.807, 2.05) is 28.8 Å². The molecule has 0 saturated carbocycles. The van der Waals surface area contributed by atoms with E-state index in [9.17, 15) is 33.5 Å². The van der Waals surface area contributed by atoms with Gasteiger partial charge < -0.3 is 28.9 Å². The van der Waals surface area contributed by atoms with E-state index in [4.69, 9.17) is 21.1 Å². The molecule has 7 aromatic rings. The molecule has 3 aliphatic rings. The van der Waals surface area contributed by atoms with Crippen LogP contribution in [-0.4, -0.2) is 121 Å². The van der Waals surface area contributed by atoms with Gasteiger partial charge in [-0.15, -0.1) is 0 Å². The quantitative estimate of drug-likeness (QED) is 0.0967. The normalized spacial score (nSPS) is 16.6. The molecule has 2 fully saturated rings. The summed E-state index contributed by atoms with van der Waals surface area (Å²) in [5.74, 6) is -1.84. The SMILES string of the molecule is O=C1CCC(N2Cc3c(OCC(=O)N4CCN(CCn5c(C(=O)O)c(CCCOc6cccc7cc(F)ccc67)c6ccc(Cl)c(-c7cnn8ccncc78)c65)CC4)cccc3C2=O)C(=O)N1. The van der Waals surface area contributed by atoms with Crippen LogP contribution in [0, 0.1) is 5.82 Å². The Kier molecular flexibility index (Phi) is 11.8. The molecule has 2 saturated heterocycles. The molecule has 0 bridgehead atoms. The number of carboxylic acids is 1. The number of fused-ring (bicyclic) bond motifs is 4. The average Bonchev–Trinajstić information content (AvgIpc) is 4.00. The highest BCUT2D eigenvalue weighted by atomic mass is 35.5. The third-order valence-corrected chi connectivity index (χ3v) is 13.3. The van der Waals surface area contributed by atoms with Crippen LogP contribution in [0.5, 0.6) is 11.5 Å². The minimum atomic E-state index is -1.08. The summed E-state index contributed by atoms with van der Waals surface area (Å²) in [5, 5.41) is 20.5. The Balaban J connectivity index is 0.844. The van der Waals surface area contributed by atoms with Crippen LogP contribution in [0.4, 0.5) is 4.39 Å². The van der Waals surface area contributed by atoms with Crippen LogP contribution >= 0.6 is 11.6 Å². The summed E-state index contributed by atoms with van der Waals surface area (Å²) in [5.41, 5.74) is 4.49. The van der Waals surface area contributed by atoms with Crippen molar-refractivity contribution in [2.75, 3.05) is 45.9 Å². The molecule has 2 N–H and O–H groups in total. The number of piperazine rings is 1. The fraction of sp³-hybridized carbons (Fsp3) is 0.286. The van der Waals surface area contributed by atoms with Gasteiger partial charge in [0, 0.05) is 91.1 Å². The van der Waals surface area contributed by atoms with Crippen LogP contribution in [0.2, 0.25) is 5.02 Å². The summed E-state index contributed by atoms with van der Waals surface area (Å²) in [4.78, 5) is 74.2. The molecule has 1 atom stereocenters. The summed E-state index contributed by atoms with van der Waals surface area (Å²) >= 11 is 7.04. The number of imide groups is 1. The van der Waals surface area contributed by atoms with E-state index in [0.29, 0.717) is 107 Å². The molecule has 4 aromatic carbocycles. The smallest absolute Gasteiger partial charge is 0.352 e. The molecular weight excluding hydrogens is 883 g/mol. The number of ether oxygens (including phenoxy) is 2. The van der Waals surface area contributed by atoms with Gasteiger partial charge in [0.15, 0.2) is 6.61 Å². The van der Waals surface area contributed by atoms with Gasteiger partial charge in [0.05, 0.1) is 41.6 Å². The van der Waals surface area contributed by atoms with Gasteiger partial charge in [-0.2, -0.15) is 5.10 Å². The standard InChI is InChI=1S/C49H44ClFN8O8/c50-37-12-11-33-32(6-3-23-66-40-7-1-4-29-24-30(51)9-10-31(29)40)46(49(64)65)57(45(33)44(37)35-25-53-59-16-15-52-26-39(35)59)22-19-55-17-20-56(21-18-55)43(61)28-67-41-8-2-5-34-36(41)27-58(48(34)63)38-13-14-42(60)54-47(38)62/h1-2,4-5,7-12,15-16,24-26,38H,3,6,13-14,17-23,27-28H2,(H,64,65)(H,54,60,62). The molecular formula is C49H44ClFN8O8. The monoisotopic (exact) mass is 926 g/mol. The van der Waals surface area contributed by atoms with Crippen molar-refractivity contribution in [3.05, 3.63) is 125 Å². The lowest BCUT2D eigenvalue weighted by molar-refractivity contribution is -0.137. The van der Waals surface area contributed by atoms with Crippen molar-refractivity contribution in [3.8, 4) is 22.6 Å². The molecule has 3 aromatic heterocycles. The summed E-state index contributed by atoms with van der Waals surface area (Å²) in [6.45, 7) is 2.82. The largest absolute Gasteiger partial charge is 0.493 e. The van der Waals surface area contributed by atoms with Crippen molar-refractivity contribution in [1.29, 1.82) is 0 Å².